The molecule has 1 aliphatic rings. The normalized spacial score (nSPS) is 30.2. The maximum absolute atomic E-state index is 11.0. The van der Waals surface area contributed by atoms with Crippen molar-refractivity contribution < 1.29 is 18.7 Å². The number of epoxide rings is 1. The summed E-state index contributed by atoms with van der Waals surface area (Å²) in [6, 6.07) is 0. The summed E-state index contributed by atoms with van der Waals surface area (Å²) >= 11 is 0. The molecule has 0 amide bonds. The molecule has 0 bridgehead atoms. The second-order valence-corrected chi connectivity index (χ2v) is 4.90. The summed E-state index contributed by atoms with van der Waals surface area (Å²) in [5, 5.41) is 0. The molecule has 4 nitrogen and oxygen atoms in total. The number of rotatable bonds is 3. The van der Waals surface area contributed by atoms with E-state index in [2.05, 4.69) is 4.74 Å². The number of hydrogen-bond acceptors (Lipinski definition) is 3. The third-order valence-electron chi connectivity index (χ3n) is 1.22. The van der Waals surface area contributed by atoms with Crippen LogP contribution in [-0.4, -0.2) is 23.4 Å². The highest BCUT2D eigenvalue weighted by atomic mass is 31.2. The Bertz CT molecular complexity index is 163. The van der Waals surface area contributed by atoms with Gasteiger partial charge in [-0.3, -0.25) is 9.09 Å². The van der Waals surface area contributed by atoms with Crippen LogP contribution in [0.2, 0.25) is 0 Å². The van der Waals surface area contributed by atoms with E-state index in [1.165, 1.54) is 0 Å². The average Bonchev–Trinajstić information content (AvgIpc) is 2.48. The summed E-state index contributed by atoms with van der Waals surface area (Å²) in [7, 11) is -3.38. The van der Waals surface area contributed by atoms with Gasteiger partial charge in [0.05, 0.1) is 5.66 Å². The highest BCUT2D eigenvalue weighted by molar-refractivity contribution is 7.53. The van der Waals surface area contributed by atoms with Crippen molar-refractivity contribution in [3.05, 3.63) is 0 Å². The van der Waals surface area contributed by atoms with Gasteiger partial charge in [0.1, 0.15) is 6.61 Å². The van der Waals surface area contributed by atoms with E-state index in [9.17, 15) is 4.57 Å². The summed E-state index contributed by atoms with van der Waals surface area (Å²) in [5.74, 6) is 0. The van der Waals surface area contributed by atoms with E-state index in [1.54, 1.807) is 13.8 Å². The molecule has 2 unspecified atom stereocenters. The Hall–Kier alpha value is 0.110. The first-order valence-electron chi connectivity index (χ1n) is 3.15. The van der Waals surface area contributed by atoms with Gasteiger partial charge in [-0.05, 0) is 0 Å². The van der Waals surface area contributed by atoms with Gasteiger partial charge in [-0.25, -0.2) is 0 Å². The fourth-order valence-corrected chi connectivity index (χ4v) is 1.09. The van der Waals surface area contributed by atoms with Gasteiger partial charge in [-0.15, -0.1) is 0 Å². The number of ether oxygens (including phenoxy) is 1. The van der Waals surface area contributed by atoms with Gasteiger partial charge >= 0.3 is 7.60 Å². The minimum absolute atomic E-state index is 0.350. The molecule has 1 saturated heterocycles. The van der Waals surface area contributed by atoms with E-state index in [0.29, 0.717) is 6.61 Å². The lowest BCUT2D eigenvalue weighted by Crippen LogP contribution is -2.02. The molecule has 2 atom stereocenters. The first-order valence-corrected chi connectivity index (χ1v) is 4.79. The highest BCUT2D eigenvalue weighted by Gasteiger charge is 2.35. The Kier molecular flexibility index (Phi) is 2.15. The van der Waals surface area contributed by atoms with Crippen molar-refractivity contribution in [1.82, 2.24) is 0 Å². The molecule has 5 heteroatoms. The minimum atomic E-state index is -3.38. The molecular weight excluding hydrogens is 155 g/mol. The molecule has 0 radical (unpaired) electrons. The molecule has 1 N–H and O–H groups in total. The summed E-state index contributed by atoms with van der Waals surface area (Å²) in [6.45, 7) is 3.73. The summed E-state index contributed by atoms with van der Waals surface area (Å²) in [4.78, 5) is 9.06. The smallest absolute Gasteiger partial charge is 0.333 e. The molecule has 1 fully saturated rings. The molecular formula is C5H11O4P. The van der Waals surface area contributed by atoms with Crippen LogP contribution in [0.25, 0.3) is 0 Å². The van der Waals surface area contributed by atoms with Crippen LogP contribution in [-0.2, 0) is 13.8 Å². The van der Waals surface area contributed by atoms with Crippen LogP contribution in [0.4, 0.5) is 0 Å². The molecule has 0 aromatic heterocycles. The van der Waals surface area contributed by atoms with E-state index in [1.807, 2.05) is 0 Å². The largest absolute Gasteiger partial charge is 0.344 e. The van der Waals surface area contributed by atoms with Gasteiger partial charge in [0.25, 0.3) is 0 Å². The topological polar surface area (TPSA) is 59.1 Å². The van der Waals surface area contributed by atoms with Gasteiger partial charge in [-0.2, -0.15) is 0 Å². The monoisotopic (exact) mass is 166 g/mol. The van der Waals surface area contributed by atoms with Crippen molar-refractivity contribution in [2.75, 3.05) is 6.61 Å². The zero-order valence-electron chi connectivity index (χ0n) is 5.98. The SMILES string of the molecule is CC(C)P(=O)(O)OC1CO1. The summed E-state index contributed by atoms with van der Waals surface area (Å²) in [6.07, 6.45) is -0.432. The van der Waals surface area contributed by atoms with Gasteiger partial charge < -0.3 is 9.63 Å². The molecule has 0 aromatic carbocycles. The van der Waals surface area contributed by atoms with Gasteiger partial charge in [0, 0.05) is 0 Å². The first kappa shape index (κ1) is 8.21. The van der Waals surface area contributed by atoms with Crippen molar-refractivity contribution in [3.8, 4) is 0 Å². The fourth-order valence-electron chi connectivity index (χ4n) is 0.390. The van der Waals surface area contributed by atoms with Crippen molar-refractivity contribution >= 4 is 7.60 Å². The Balaban J connectivity index is 2.41. The third-order valence-corrected chi connectivity index (χ3v) is 3.07. The molecule has 0 spiro atoms. The van der Waals surface area contributed by atoms with Crippen molar-refractivity contribution in [3.63, 3.8) is 0 Å². The van der Waals surface area contributed by atoms with Crippen LogP contribution in [0, 0.1) is 0 Å². The molecule has 60 valence electrons. The van der Waals surface area contributed by atoms with E-state index in [-0.39, 0.29) is 5.66 Å². The highest BCUT2D eigenvalue weighted by Crippen LogP contribution is 2.49. The van der Waals surface area contributed by atoms with Crippen LogP contribution >= 0.6 is 7.60 Å². The van der Waals surface area contributed by atoms with Crippen molar-refractivity contribution in [2.24, 2.45) is 0 Å². The molecule has 0 saturated carbocycles. The lowest BCUT2D eigenvalue weighted by molar-refractivity contribution is 0.154. The van der Waals surface area contributed by atoms with E-state index >= 15 is 0 Å². The lowest BCUT2D eigenvalue weighted by Gasteiger charge is -2.12. The quantitative estimate of drug-likeness (QED) is 0.501. The lowest BCUT2D eigenvalue weighted by atomic mass is 10.6. The van der Waals surface area contributed by atoms with Crippen LogP contribution in [0.5, 0.6) is 0 Å². The Labute approximate surface area is 59.7 Å². The second kappa shape index (κ2) is 2.62. The molecule has 0 aliphatic carbocycles. The molecule has 1 rings (SSSR count). The maximum Gasteiger partial charge on any atom is 0.333 e. The number of hydrogen-bond donors (Lipinski definition) is 1. The van der Waals surface area contributed by atoms with Gasteiger partial charge in [-0.1, -0.05) is 13.8 Å². The predicted molar refractivity (Wildman–Crippen MR) is 35.8 cm³/mol. The second-order valence-electron chi connectivity index (χ2n) is 2.53. The predicted octanol–water partition coefficient (Wildman–Crippen LogP) is 0.953. The maximum atomic E-state index is 11.0. The molecule has 1 aliphatic heterocycles. The van der Waals surface area contributed by atoms with Crippen LogP contribution in [0.15, 0.2) is 0 Å². The zero-order chi connectivity index (χ0) is 7.78. The Morgan fingerprint density at radius 2 is 2.30 bits per heavy atom. The average molecular weight is 166 g/mol. The fraction of sp³-hybridized carbons (Fsp3) is 1.00. The van der Waals surface area contributed by atoms with Crippen LogP contribution in [0.1, 0.15) is 13.8 Å². The van der Waals surface area contributed by atoms with Crippen LogP contribution < -0.4 is 0 Å². The molecule has 10 heavy (non-hydrogen) atoms. The standard InChI is InChI=1S/C5H11O4P/c1-4(2)10(6,7)9-5-3-8-5/h4-5H,3H2,1-2H3,(H,6,7). The van der Waals surface area contributed by atoms with Crippen molar-refractivity contribution in [1.29, 1.82) is 0 Å². The zero-order valence-corrected chi connectivity index (χ0v) is 6.88. The molecule has 1 heterocycles. The Morgan fingerprint density at radius 3 is 2.60 bits per heavy atom. The minimum Gasteiger partial charge on any atom is -0.344 e. The first-order chi connectivity index (χ1) is 4.52. The molecule has 0 aromatic rings. The van der Waals surface area contributed by atoms with Gasteiger partial charge in [0.2, 0.25) is 0 Å². The van der Waals surface area contributed by atoms with Gasteiger partial charge in [0.15, 0.2) is 6.29 Å². The van der Waals surface area contributed by atoms with Crippen molar-refractivity contribution in [2.45, 2.75) is 25.8 Å². The van der Waals surface area contributed by atoms with Crippen LogP contribution in [0.3, 0.4) is 0 Å². The van der Waals surface area contributed by atoms with E-state index in [0.717, 1.165) is 0 Å². The third kappa shape index (κ3) is 2.06. The summed E-state index contributed by atoms with van der Waals surface area (Å²) in [5.41, 5.74) is -0.350. The van der Waals surface area contributed by atoms with E-state index < -0.39 is 13.9 Å². The Morgan fingerprint density at radius 1 is 1.80 bits per heavy atom. The van der Waals surface area contributed by atoms with E-state index in [4.69, 9.17) is 9.42 Å². The summed E-state index contributed by atoms with van der Waals surface area (Å²) < 4.78 is 20.4.